The second-order valence-corrected chi connectivity index (χ2v) is 5.95. The Kier molecular flexibility index (Phi) is 4.98. The van der Waals surface area contributed by atoms with Crippen LogP contribution in [0, 0.1) is 11.8 Å². The molecule has 1 aliphatic heterocycles. The fraction of sp³-hybridized carbons (Fsp3) is 0.562. The average Bonchev–Trinajstić information content (AvgIpc) is 2.45. The van der Waals surface area contributed by atoms with Crippen molar-refractivity contribution in [1.29, 1.82) is 0 Å². The monoisotopic (exact) mass is 315 g/mol. The summed E-state index contributed by atoms with van der Waals surface area (Å²) in [4.78, 5) is 14.1. The number of alkyl halides is 3. The van der Waals surface area contributed by atoms with E-state index in [0.29, 0.717) is 24.9 Å². The van der Waals surface area contributed by atoms with E-state index in [2.05, 4.69) is 18.6 Å². The van der Waals surface area contributed by atoms with Gasteiger partial charge in [-0.05, 0) is 42.9 Å². The second-order valence-electron chi connectivity index (χ2n) is 5.95. The summed E-state index contributed by atoms with van der Waals surface area (Å²) in [5, 5.41) is 0. The van der Waals surface area contributed by atoms with Crippen LogP contribution < -0.4 is 4.74 Å². The zero-order chi connectivity index (χ0) is 16.3. The van der Waals surface area contributed by atoms with E-state index >= 15 is 0 Å². The summed E-state index contributed by atoms with van der Waals surface area (Å²) < 4.78 is 40.5. The summed E-state index contributed by atoms with van der Waals surface area (Å²) in [5.74, 6) is 0.579. The minimum absolute atomic E-state index is 0.227. The molecule has 1 amide bonds. The lowest BCUT2D eigenvalue weighted by molar-refractivity contribution is -0.274. The first-order chi connectivity index (χ1) is 10.3. The van der Waals surface area contributed by atoms with Crippen LogP contribution in [0.1, 0.15) is 37.0 Å². The van der Waals surface area contributed by atoms with E-state index in [1.165, 1.54) is 18.2 Å². The number of hydrogen-bond acceptors (Lipinski definition) is 2. The Balaban J connectivity index is 2.03. The largest absolute Gasteiger partial charge is 0.573 e. The molecule has 1 aliphatic rings. The molecule has 0 radical (unpaired) electrons. The minimum atomic E-state index is -4.75. The summed E-state index contributed by atoms with van der Waals surface area (Å²) >= 11 is 0. The smallest absolute Gasteiger partial charge is 0.406 e. The number of halogens is 3. The number of benzene rings is 1. The van der Waals surface area contributed by atoms with Gasteiger partial charge in [0.1, 0.15) is 5.75 Å². The number of ether oxygens (including phenoxy) is 1. The summed E-state index contributed by atoms with van der Waals surface area (Å²) in [6.07, 6.45) is -2.89. The zero-order valence-electron chi connectivity index (χ0n) is 12.7. The van der Waals surface area contributed by atoms with Gasteiger partial charge in [-0.3, -0.25) is 4.79 Å². The summed E-state index contributed by atoms with van der Waals surface area (Å²) in [7, 11) is 0. The predicted octanol–water partition coefficient (Wildman–Crippen LogP) is 4.09. The van der Waals surface area contributed by atoms with Gasteiger partial charge in [-0.2, -0.15) is 0 Å². The number of likely N-dealkylation sites (tertiary alicyclic amines) is 1. The van der Waals surface area contributed by atoms with Gasteiger partial charge in [0, 0.05) is 18.7 Å². The molecule has 0 aromatic heterocycles. The molecule has 1 saturated heterocycles. The lowest BCUT2D eigenvalue weighted by atomic mass is 9.86. The van der Waals surface area contributed by atoms with E-state index in [4.69, 9.17) is 0 Å². The van der Waals surface area contributed by atoms with Crippen molar-refractivity contribution in [2.45, 2.75) is 33.1 Å². The van der Waals surface area contributed by atoms with Crippen LogP contribution in [0.3, 0.4) is 0 Å². The van der Waals surface area contributed by atoms with E-state index < -0.39 is 6.36 Å². The van der Waals surface area contributed by atoms with Crippen molar-refractivity contribution in [3.8, 4) is 5.75 Å². The first-order valence-corrected chi connectivity index (χ1v) is 7.41. The normalized spacial score (nSPS) is 16.9. The van der Waals surface area contributed by atoms with Gasteiger partial charge in [-0.1, -0.05) is 19.9 Å². The fourth-order valence-electron chi connectivity index (χ4n) is 2.78. The molecule has 0 N–H and O–H groups in total. The third-order valence-corrected chi connectivity index (χ3v) is 4.08. The topological polar surface area (TPSA) is 29.5 Å². The van der Waals surface area contributed by atoms with E-state index in [1.807, 2.05) is 0 Å². The molecule has 0 aliphatic carbocycles. The van der Waals surface area contributed by atoms with E-state index in [-0.39, 0.29) is 17.2 Å². The number of rotatable bonds is 3. The average molecular weight is 315 g/mol. The van der Waals surface area contributed by atoms with E-state index in [0.717, 1.165) is 18.9 Å². The molecule has 1 aromatic carbocycles. The maximum absolute atomic E-state index is 12.4. The molecule has 0 unspecified atom stereocenters. The maximum Gasteiger partial charge on any atom is 0.573 e. The number of amides is 1. The molecule has 0 saturated carbocycles. The Bertz CT molecular complexity index is 520. The molecule has 1 heterocycles. The van der Waals surface area contributed by atoms with Gasteiger partial charge in [0.25, 0.3) is 5.91 Å². The van der Waals surface area contributed by atoms with Crippen molar-refractivity contribution < 1.29 is 22.7 Å². The van der Waals surface area contributed by atoms with Crippen LogP contribution in [0.5, 0.6) is 5.75 Å². The first-order valence-electron chi connectivity index (χ1n) is 7.41. The minimum Gasteiger partial charge on any atom is -0.406 e. The Morgan fingerprint density at radius 1 is 1.27 bits per heavy atom. The molecule has 1 aromatic rings. The third kappa shape index (κ3) is 4.39. The van der Waals surface area contributed by atoms with Crippen molar-refractivity contribution in [2.24, 2.45) is 11.8 Å². The van der Waals surface area contributed by atoms with Crippen molar-refractivity contribution >= 4 is 5.91 Å². The van der Waals surface area contributed by atoms with Crippen LogP contribution in [0.15, 0.2) is 24.3 Å². The number of piperidine rings is 1. The molecular weight excluding hydrogens is 295 g/mol. The standard InChI is InChI=1S/C16H20F3NO2/c1-11(2)12-6-8-20(9-7-12)15(21)13-4-3-5-14(10-13)22-16(17,18)19/h3-5,10-12H,6-9H2,1-2H3. The number of hydrogen-bond donors (Lipinski definition) is 0. The number of nitrogens with zero attached hydrogens (tertiary/aromatic N) is 1. The van der Waals surface area contributed by atoms with Gasteiger partial charge in [0.2, 0.25) is 0 Å². The SMILES string of the molecule is CC(C)C1CCN(C(=O)c2cccc(OC(F)(F)F)c2)CC1. The van der Waals surface area contributed by atoms with Crippen LogP contribution in [0.2, 0.25) is 0 Å². The molecule has 122 valence electrons. The molecule has 3 nitrogen and oxygen atoms in total. The molecule has 1 fully saturated rings. The van der Waals surface area contributed by atoms with Crippen LogP contribution in [0.4, 0.5) is 13.2 Å². The lowest BCUT2D eigenvalue weighted by Crippen LogP contribution is -2.39. The highest BCUT2D eigenvalue weighted by Gasteiger charge is 2.31. The van der Waals surface area contributed by atoms with E-state index in [1.54, 1.807) is 4.90 Å². The van der Waals surface area contributed by atoms with Gasteiger partial charge in [-0.15, -0.1) is 13.2 Å². The van der Waals surface area contributed by atoms with Crippen molar-refractivity contribution in [3.05, 3.63) is 29.8 Å². The Morgan fingerprint density at radius 2 is 1.91 bits per heavy atom. The van der Waals surface area contributed by atoms with Gasteiger partial charge >= 0.3 is 6.36 Å². The Morgan fingerprint density at radius 3 is 2.45 bits per heavy atom. The maximum atomic E-state index is 12.4. The highest BCUT2D eigenvalue weighted by molar-refractivity contribution is 5.94. The Hall–Kier alpha value is -1.72. The van der Waals surface area contributed by atoms with Crippen LogP contribution >= 0.6 is 0 Å². The van der Waals surface area contributed by atoms with Crippen LogP contribution in [0.25, 0.3) is 0 Å². The predicted molar refractivity (Wildman–Crippen MR) is 76.6 cm³/mol. The van der Waals surface area contributed by atoms with Gasteiger partial charge in [0.05, 0.1) is 0 Å². The van der Waals surface area contributed by atoms with E-state index in [9.17, 15) is 18.0 Å². The Labute approximate surface area is 128 Å². The first kappa shape index (κ1) is 16.6. The second kappa shape index (κ2) is 6.58. The molecule has 6 heteroatoms. The highest BCUT2D eigenvalue weighted by atomic mass is 19.4. The highest BCUT2D eigenvalue weighted by Crippen LogP contribution is 2.27. The lowest BCUT2D eigenvalue weighted by Gasteiger charge is -2.34. The molecule has 0 spiro atoms. The molecule has 0 atom stereocenters. The third-order valence-electron chi connectivity index (χ3n) is 4.08. The number of carbonyl (C=O) groups excluding carboxylic acids is 1. The van der Waals surface area contributed by atoms with Gasteiger partial charge < -0.3 is 9.64 Å². The molecule has 0 bridgehead atoms. The van der Waals surface area contributed by atoms with Crippen LogP contribution in [-0.2, 0) is 0 Å². The molecule has 22 heavy (non-hydrogen) atoms. The summed E-state index contributed by atoms with van der Waals surface area (Å²) in [5.41, 5.74) is 0.227. The molecule has 2 rings (SSSR count). The van der Waals surface area contributed by atoms with Crippen molar-refractivity contribution in [1.82, 2.24) is 4.90 Å². The van der Waals surface area contributed by atoms with Gasteiger partial charge in [-0.25, -0.2) is 0 Å². The molecular formula is C16H20F3NO2. The summed E-state index contributed by atoms with van der Waals surface area (Å²) in [6, 6.07) is 5.24. The fourth-order valence-corrected chi connectivity index (χ4v) is 2.78. The summed E-state index contributed by atoms with van der Waals surface area (Å²) in [6.45, 7) is 5.62. The quantitative estimate of drug-likeness (QED) is 0.840. The van der Waals surface area contributed by atoms with Crippen molar-refractivity contribution in [3.63, 3.8) is 0 Å². The number of carbonyl (C=O) groups is 1. The van der Waals surface area contributed by atoms with Crippen LogP contribution in [-0.4, -0.2) is 30.3 Å². The zero-order valence-corrected chi connectivity index (χ0v) is 12.7. The van der Waals surface area contributed by atoms with Crippen molar-refractivity contribution in [2.75, 3.05) is 13.1 Å². The van der Waals surface area contributed by atoms with Gasteiger partial charge in [0.15, 0.2) is 0 Å².